The predicted molar refractivity (Wildman–Crippen MR) is 213 cm³/mol. The van der Waals surface area contributed by atoms with Crippen molar-refractivity contribution in [3.05, 3.63) is 12.7 Å². The van der Waals surface area contributed by atoms with E-state index in [4.69, 9.17) is 0 Å². The van der Waals surface area contributed by atoms with Crippen molar-refractivity contribution in [2.75, 3.05) is 0 Å². The van der Waals surface area contributed by atoms with Crippen LogP contribution in [0.4, 0.5) is 0 Å². The lowest BCUT2D eigenvalue weighted by Gasteiger charge is -2.50. The van der Waals surface area contributed by atoms with Gasteiger partial charge in [0.15, 0.2) is 0 Å². The Morgan fingerprint density at radius 3 is 1.31 bits per heavy atom. The molecule has 274 valence electrons. The molecule has 45 heavy (non-hydrogen) atoms. The summed E-state index contributed by atoms with van der Waals surface area (Å²) in [6.07, 6.45) is 13.4. The van der Waals surface area contributed by atoms with Gasteiger partial charge in [-0.3, -0.25) is 0 Å². The smallest absolute Gasteiger partial charge is 0.0357 e. The minimum absolute atomic E-state index is 0.900. The highest BCUT2D eigenvalue weighted by atomic mass is 14.5. The second-order valence-corrected chi connectivity index (χ2v) is 15.6. The maximum atomic E-state index is 3.36. The van der Waals surface area contributed by atoms with Crippen LogP contribution < -0.4 is 0 Å². The fourth-order valence-corrected chi connectivity index (χ4v) is 9.72. The Morgan fingerprint density at radius 2 is 0.844 bits per heavy atom. The molecule has 3 aliphatic rings. The summed E-state index contributed by atoms with van der Waals surface area (Å²) < 4.78 is 0. The molecule has 0 heterocycles. The maximum Gasteiger partial charge on any atom is -0.0357 e. The number of hydrogen-bond acceptors (Lipinski definition) is 0. The summed E-state index contributed by atoms with van der Waals surface area (Å²) in [7, 11) is 0. The molecule has 0 heteroatoms. The van der Waals surface area contributed by atoms with Gasteiger partial charge in [-0.1, -0.05) is 150 Å². The lowest BCUT2D eigenvalue weighted by Crippen LogP contribution is -2.42. The first kappa shape index (κ1) is 49.1. The van der Waals surface area contributed by atoms with Gasteiger partial charge in [0.05, 0.1) is 0 Å². The normalized spacial score (nSPS) is 40.5. The van der Waals surface area contributed by atoms with Gasteiger partial charge in [-0.2, -0.15) is 0 Å². The Bertz CT molecular complexity index is 648. The van der Waals surface area contributed by atoms with Crippen molar-refractivity contribution >= 4 is 0 Å². The number of allylic oxidation sites excluding steroid dienone is 1. The molecule has 0 aromatic carbocycles. The number of hydrogen-bond donors (Lipinski definition) is 0. The highest BCUT2D eigenvalue weighted by Crippen LogP contribution is 2.52. The minimum atomic E-state index is 0.900. The summed E-state index contributed by atoms with van der Waals surface area (Å²) in [5, 5.41) is 0. The number of rotatable bonds is 6. The van der Waals surface area contributed by atoms with Crippen LogP contribution >= 0.6 is 0 Å². The molecule has 0 aromatic heterocycles. The second-order valence-electron chi connectivity index (χ2n) is 15.6. The Kier molecular flexibility index (Phi) is 30.2. The second kappa shape index (κ2) is 27.7. The molecule has 15 atom stereocenters. The lowest BCUT2D eigenvalue weighted by molar-refractivity contribution is -0.00468. The average Bonchev–Trinajstić information content (AvgIpc) is 3.04. The van der Waals surface area contributed by atoms with Gasteiger partial charge in [0.2, 0.25) is 0 Å². The molecule has 0 nitrogen and oxygen atoms in total. The molecule has 0 aromatic rings. The van der Waals surface area contributed by atoms with Gasteiger partial charge in [-0.15, -0.1) is 6.58 Å². The summed E-state index contributed by atoms with van der Waals surface area (Å²) >= 11 is 0. The summed E-state index contributed by atoms with van der Waals surface area (Å²) in [4.78, 5) is 0. The highest BCUT2D eigenvalue weighted by molar-refractivity contribution is 4.93. The van der Waals surface area contributed by atoms with Gasteiger partial charge in [-0.25, -0.2) is 0 Å². The fraction of sp³-hybridized carbons (Fsp3) is 0.956. The van der Waals surface area contributed by atoms with Gasteiger partial charge in [0.25, 0.3) is 0 Å². The van der Waals surface area contributed by atoms with Crippen molar-refractivity contribution in [3.8, 4) is 0 Å². The Labute approximate surface area is 290 Å². The van der Waals surface area contributed by atoms with E-state index < -0.39 is 0 Å². The summed E-state index contributed by atoms with van der Waals surface area (Å²) in [6, 6.07) is 0. The van der Waals surface area contributed by atoms with Crippen molar-refractivity contribution in [3.63, 3.8) is 0 Å². The van der Waals surface area contributed by atoms with E-state index in [0.717, 1.165) is 88.8 Å². The monoisotopic (exact) mass is 635 g/mol. The first-order valence-electron chi connectivity index (χ1n) is 20.9. The minimum Gasteiger partial charge on any atom is -0.103 e. The van der Waals surface area contributed by atoms with E-state index in [0.29, 0.717) is 0 Å². The van der Waals surface area contributed by atoms with Crippen molar-refractivity contribution in [2.24, 2.45) is 88.8 Å². The van der Waals surface area contributed by atoms with E-state index in [9.17, 15) is 0 Å². The lowest BCUT2D eigenvalue weighted by atomic mass is 9.55. The molecule has 0 radical (unpaired) electrons. The molecule has 0 bridgehead atoms. The maximum absolute atomic E-state index is 3.36. The molecule has 3 rings (SSSR count). The molecule has 3 fully saturated rings. The van der Waals surface area contributed by atoms with E-state index in [1.807, 2.05) is 48.5 Å². The molecule has 3 aliphatic carbocycles. The van der Waals surface area contributed by atoms with Crippen LogP contribution in [-0.2, 0) is 0 Å². The third-order valence-corrected chi connectivity index (χ3v) is 13.3. The Balaban J connectivity index is -0.00000129. The zero-order valence-corrected chi connectivity index (χ0v) is 35.6. The van der Waals surface area contributed by atoms with E-state index in [-0.39, 0.29) is 0 Å². The van der Waals surface area contributed by atoms with Crippen LogP contribution in [0.5, 0.6) is 0 Å². The first-order chi connectivity index (χ1) is 21.3. The van der Waals surface area contributed by atoms with Gasteiger partial charge >= 0.3 is 0 Å². The molecule has 0 aliphatic heterocycles. The summed E-state index contributed by atoms with van der Waals surface area (Å²) in [5.74, 6) is 13.9. The summed E-state index contributed by atoms with van der Waals surface area (Å²) in [6.45, 7) is 49.7. The highest BCUT2D eigenvalue weighted by Gasteiger charge is 2.44. The third kappa shape index (κ3) is 15.2. The van der Waals surface area contributed by atoms with Crippen LogP contribution in [0.2, 0.25) is 0 Å². The average molecular weight is 635 g/mol. The van der Waals surface area contributed by atoms with Crippen molar-refractivity contribution in [1.82, 2.24) is 0 Å². The Hall–Kier alpha value is -0.260. The predicted octanol–water partition coefficient (Wildman–Crippen LogP) is 15.9. The van der Waals surface area contributed by atoms with E-state index in [1.54, 1.807) is 6.08 Å². The van der Waals surface area contributed by atoms with Crippen LogP contribution in [0.25, 0.3) is 0 Å². The van der Waals surface area contributed by atoms with Gasteiger partial charge < -0.3 is 0 Å². The van der Waals surface area contributed by atoms with Crippen LogP contribution in [0.1, 0.15) is 190 Å². The van der Waals surface area contributed by atoms with Crippen LogP contribution in [0, 0.1) is 88.8 Å². The zero-order valence-electron chi connectivity index (χ0n) is 35.6. The molecule has 0 amide bonds. The molecule has 0 saturated heterocycles. The molecule has 0 N–H and O–H groups in total. The molecule has 3 saturated carbocycles. The van der Waals surface area contributed by atoms with E-state index >= 15 is 0 Å². The van der Waals surface area contributed by atoms with Crippen molar-refractivity contribution in [1.29, 1.82) is 0 Å². The fourth-order valence-electron chi connectivity index (χ4n) is 9.72. The molecular weight excluding hydrogens is 540 g/mol. The summed E-state index contributed by atoms with van der Waals surface area (Å²) in [5.41, 5.74) is 0. The third-order valence-electron chi connectivity index (χ3n) is 13.3. The van der Waals surface area contributed by atoms with Crippen molar-refractivity contribution in [2.45, 2.75) is 190 Å². The van der Waals surface area contributed by atoms with Crippen molar-refractivity contribution < 1.29 is 0 Å². The zero-order chi connectivity index (χ0) is 36.0. The standard InChI is InChI=1S/C33H62.C3H8.C3H6.3C2H6/c1-12-32-28(11)26(9)31(18-33-21(4)15-19(2)23(6)27(33)10)17-30(32)14-13-29-16-20(3)22(5)24(7)25(29)8;2*1-3-2;3*1-2/h19-33H,12-18H2,1-11H3;3H2,1-2H3;3H,1H2,2H3;3*1-2H3. The van der Waals surface area contributed by atoms with Crippen LogP contribution in [-0.4, -0.2) is 0 Å². The Morgan fingerprint density at radius 1 is 0.467 bits per heavy atom. The van der Waals surface area contributed by atoms with Gasteiger partial charge in [-0.05, 0) is 134 Å². The molecular formula is C45H94. The topological polar surface area (TPSA) is 0 Å². The van der Waals surface area contributed by atoms with Gasteiger partial charge in [0, 0.05) is 0 Å². The quantitative estimate of drug-likeness (QED) is 0.255. The van der Waals surface area contributed by atoms with Crippen LogP contribution in [0.3, 0.4) is 0 Å². The van der Waals surface area contributed by atoms with Crippen LogP contribution in [0.15, 0.2) is 12.7 Å². The SMILES string of the molecule is C=CC.CC.CC.CC.CCC.CCC1C(CCC2CC(C)C(C)C(C)C2C)CC(CC2C(C)CC(C)C(C)C2C)C(C)C1C. The van der Waals surface area contributed by atoms with E-state index in [2.05, 4.69) is 96.6 Å². The molecule has 0 spiro atoms. The van der Waals surface area contributed by atoms with Gasteiger partial charge in [0.1, 0.15) is 0 Å². The largest absolute Gasteiger partial charge is 0.103 e. The van der Waals surface area contributed by atoms with E-state index in [1.165, 1.54) is 51.4 Å². The first-order valence-corrected chi connectivity index (χ1v) is 20.9. The molecule has 15 unspecified atom stereocenters.